The van der Waals surface area contributed by atoms with Gasteiger partial charge in [0.05, 0.1) is 6.61 Å². The van der Waals surface area contributed by atoms with E-state index >= 15 is 0 Å². The number of hydrogen-bond acceptors (Lipinski definition) is 4. The molecule has 0 aromatic heterocycles. The van der Waals surface area contributed by atoms with Crippen molar-refractivity contribution in [2.24, 2.45) is 5.41 Å². The largest absolute Gasteiger partial charge is 0.381 e. The molecular weight excluding hydrogens is 238 g/mol. The second kappa shape index (κ2) is 6.08. The zero-order valence-corrected chi connectivity index (χ0v) is 12.4. The summed E-state index contributed by atoms with van der Waals surface area (Å²) in [5.41, 5.74) is 0.367. The molecule has 0 bridgehead atoms. The molecule has 2 atom stereocenters. The minimum Gasteiger partial charge on any atom is -0.381 e. The van der Waals surface area contributed by atoms with Crippen LogP contribution in [0.2, 0.25) is 0 Å². The van der Waals surface area contributed by atoms with Gasteiger partial charge in [0, 0.05) is 50.8 Å². The molecule has 2 unspecified atom stereocenters. The van der Waals surface area contributed by atoms with Gasteiger partial charge < -0.3 is 10.1 Å². The van der Waals surface area contributed by atoms with E-state index in [9.17, 15) is 0 Å². The Hall–Kier alpha value is -0.160. The number of piperidine rings is 1. The summed E-state index contributed by atoms with van der Waals surface area (Å²) in [6.45, 7) is 9.36. The third-order valence-electron chi connectivity index (χ3n) is 5.22. The van der Waals surface area contributed by atoms with Crippen LogP contribution in [-0.4, -0.2) is 75.4 Å². The first-order valence-corrected chi connectivity index (χ1v) is 8.00. The average Bonchev–Trinajstić information content (AvgIpc) is 2.87. The predicted octanol–water partition coefficient (Wildman–Crippen LogP) is 0.783. The lowest BCUT2D eigenvalue weighted by Crippen LogP contribution is -2.57. The van der Waals surface area contributed by atoms with E-state index in [1.54, 1.807) is 0 Å². The van der Waals surface area contributed by atoms with E-state index in [-0.39, 0.29) is 0 Å². The van der Waals surface area contributed by atoms with E-state index in [1.165, 1.54) is 58.4 Å². The van der Waals surface area contributed by atoms with Gasteiger partial charge in [-0.05, 0) is 32.9 Å². The maximum Gasteiger partial charge on any atom is 0.0547 e. The average molecular weight is 267 g/mol. The minimum atomic E-state index is 0.367. The Balaban J connectivity index is 1.57. The highest BCUT2D eigenvalue weighted by Crippen LogP contribution is 2.30. The number of nitrogens with zero attached hydrogens (tertiary/aromatic N) is 2. The second-order valence-electron chi connectivity index (χ2n) is 6.75. The zero-order valence-electron chi connectivity index (χ0n) is 12.4. The van der Waals surface area contributed by atoms with Crippen molar-refractivity contribution in [3.63, 3.8) is 0 Å². The monoisotopic (exact) mass is 267 g/mol. The summed E-state index contributed by atoms with van der Waals surface area (Å²) in [6.07, 6.45) is 5.47. The first kappa shape index (κ1) is 13.8. The van der Waals surface area contributed by atoms with Crippen molar-refractivity contribution in [3.8, 4) is 0 Å². The van der Waals surface area contributed by atoms with E-state index in [4.69, 9.17) is 4.74 Å². The van der Waals surface area contributed by atoms with E-state index in [0.29, 0.717) is 5.41 Å². The molecule has 0 aliphatic carbocycles. The highest BCUT2D eigenvalue weighted by Gasteiger charge is 2.38. The van der Waals surface area contributed by atoms with Gasteiger partial charge in [-0.3, -0.25) is 9.80 Å². The molecule has 0 aromatic carbocycles. The molecule has 0 saturated carbocycles. The maximum atomic E-state index is 5.68. The molecular formula is C15H29N3O. The number of rotatable bonds is 4. The SMILES string of the molecule is CNCC1(CN2CCN3CCCCC3C2)CCOC1. The van der Waals surface area contributed by atoms with Crippen LogP contribution in [0.1, 0.15) is 25.7 Å². The molecule has 110 valence electrons. The van der Waals surface area contributed by atoms with Crippen LogP contribution in [0.15, 0.2) is 0 Å². The molecule has 3 aliphatic heterocycles. The van der Waals surface area contributed by atoms with Crippen LogP contribution in [0.5, 0.6) is 0 Å². The fourth-order valence-electron chi connectivity index (χ4n) is 4.18. The Labute approximate surface area is 117 Å². The molecule has 0 aromatic rings. The van der Waals surface area contributed by atoms with E-state index in [2.05, 4.69) is 22.2 Å². The lowest BCUT2D eigenvalue weighted by atomic mass is 9.85. The van der Waals surface area contributed by atoms with Gasteiger partial charge in [-0.2, -0.15) is 0 Å². The van der Waals surface area contributed by atoms with Crippen molar-refractivity contribution in [1.82, 2.24) is 15.1 Å². The number of piperazine rings is 1. The molecule has 19 heavy (non-hydrogen) atoms. The number of fused-ring (bicyclic) bond motifs is 1. The molecule has 3 saturated heterocycles. The first-order valence-electron chi connectivity index (χ1n) is 8.00. The quantitative estimate of drug-likeness (QED) is 0.815. The fraction of sp³-hybridized carbons (Fsp3) is 1.00. The van der Waals surface area contributed by atoms with Crippen molar-refractivity contribution < 1.29 is 4.74 Å². The lowest BCUT2D eigenvalue weighted by Gasteiger charge is -2.46. The Kier molecular flexibility index (Phi) is 4.42. The summed E-state index contributed by atoms with van der Waals surface area (Å²) in [5.74, 6) is 0. The van der Waals surface area contributed by atoms with Gasteiger partial charge >= 0.3 is 0 Å². The Morgan fingerprint density at radius 1 is 1.26 bits per heavy atom. The maximum absolute atomic E-state index is 5.68. The van der Waals surface area contributed by atoms with Crippen LogP contribution in [-0.2, 0) is 4.74 Å². The van der Waals surface area contributed by atoms with Crippen LogP contribution in [0.25, 0.3) is 0 Å². The number of nitrogens with one attached hydrogen (secondary N) is 1. The molecule has 3 heterocycles. The third-order valence-corrected chi connectivity index (χ3v) is 5.22. The summed E-state index contributed by atoms with van der Waals surface area (Å²) < 4.78 is 5.68. The van der Waals surface area contributed by atoms with Crippen LogP contribution in [0, 0.1) is 5.41 Å². The second-order valence-corrected chi connectivity index (χ2v) is 6.75. The molecule has 3 rings (SSSR count). The van der Waals surface area contributed by atoms with Gasteiger partial charge in [0.15, 0.2) is 0 Å². The molecule has 4 heteroatoms. The molecule has 4 nitrogen and oxygen atoms in total. The van der Waals surface area contributed by atoms with Crippen LogP contribution in [0.3, 0.4) is 0 Å². The van der Waals surface area contributed by atoms with E-state index in [0.717, 1.165) is 25.8 Å². The Morgan fingerprint density at radius 2 is 2.21 bits per heavy atom. The van der Waals surface area contributed by atoms with Gasteiger partial charge in [-0.1, -0.05) is 6.42 Å². The van der Waals surface area contributed by atoms with Crippen molar-refractivity contribution in [2.75, 3.05) is 59.5 Å². The molecule has 3 fully saturated rings. The number of ether oxygens (including phenoxy) is 1. The van der Waals surface area contributed by atoms with Crippen molar-refractivity contribution in [2.45, 2.75) is 31.7 Å². The smallest absolute Gasteiger partial charge is 0.0547 e. The first-order chi connectivity index (χ1) is 9.31. The topological polar surface area (TPSA) is 27.7 Å². The van der Waals surface area contributed by atoms with Crippen molar-refractivity contribution in [3.05, 3.63) is 0 Å². The van der Waals surface area contributed by atoms with Gasteiger partial charge in [0.25, 0.3) is 0 Å². The lowest BCUT2D eigenvalue weighted by molar-refractivity contribution is 0.0225. The third kappa shape index (κ3) is 3.13. The van der Waals surface area contributed by atoms with Gasteiger partial charge in [0.2, 0.25) is 0 Å². The summed E-state index contributed by atoms with van der Waals surface area (Å²) >= 11 is 0. The van der Waals surface area contributed by atoms with Gasteiger partial charge in [0.1, 0.15) is 0 Å². The van der Waals surface area contributed by atoms with Crippen LogP contribution < -0.4 is 5.32 Å². The normalized spacial score (nSPS) is 37.4. The summed E-state index contributed by atoms with van der Waals surface area (Å²) in [7, 11) is 2.07. The fourth-order valence-corrected chi connectivity index (χ4v) is 4.18. The zero-order chi connectivity index (χ0) is 13.1. The van der Waals surface area contributed by atoms with Crippen molar-refractivity contribution in [1.29, 1.82) is 0 Å². The van der Waals surface area contributed by atoms with Crippen LogP contribution in [0.4, 0.5) is 0 Å². The van der Waals surface area contributed by atoms with Gasteiger partial charge in [-0.25, -0.2) is 0 Å². The minimum absolute atomic E-state index is 0.367. The van der Waals surface area contributed by atoms with Gasteiger partial charge in [-0.15, -0.1) is 0 Å². The standard InChI is InChI=1S/C15H29N3O/c1-16-11-15(5-9-19-13-15)12-17-7-8-18-6-3-2-4-14(18)10-17/h14,16H,2-13H2,1H3. The Morgan fingerprint density at radius 3 is 3.00 bits per heavy atom. The summed E-state index contributed by atoms with van der Waals surface area (Å²) in [6, 6.07) is 0.830. The van der Waals surface area contributed by atoms with Crippen LogP contribution >= 0.6 is 0 Å². The highest BCUT2D eigenvalue weighted by atomic mass is 16.5. The summed E-state index contributed by atoms with van der Waals surface area (Å²) in [5, 5.41) is 3.38. The molecule has 0 radical (unpaired) electrons. The Bertz CT molecular complexity index is 291. The molecule has 0 spiro atoms. The van der Waals surface area contributed by atoms with E-state index in [1.807, 2.05) is 0 Å². The summed E-state index contributed by atoms with van der Waals surface area (Å²) in [4.78, 5) is 5.42. The molecule has 0 amide bonds. The predicted molar refractivity (Wildman–Crippen MR) is 77.4 cm³/mol. The molecule has 3 aliphatic rings. The number of hydrogen-bond donors (Lipinski definition) is 1. The van der Waals surface area contributed by atoms with Crippen molar-refractivity contribution >= 4 is 0 Å². The highest BCUT2D eigenvalue weighted by molar-refractivity contribution is 4.92. The molecule has 1 N–H and O–H groups in total. The van der Waals surface area contributed by atoms with E-state index < -0.39 is 0 Å².